The van der Waals surface area contributed by atoms with Crippen LogP contribution < -0.4 is 5.32 Å². The van der Waals surface area contributed by atoms with Gasteiger partial charge in [0.25, 0.3) is 0 Å². The molecule has 0 heterocycles. The number of benzene rings is 3. The minimum absolute atomic E-state index is 0.0901. The van der Waals surface area contributed by atoms with E-state index in [0.717, 1.165) is 22.3 Å². The quantitative estimate of drug-likeness (QED) is 0.549. The molecule has 1 aliphatic carbocycles. The highest BCUT2D eigenvalue weighted by molar-refractivity contribution is 5.82. The molecule has 0 radical (unpaired) electrons. The lowest BCUT2D eigenvalue weighted by molar-refractivity contribution is -0.139. The zero-order chi connectivity index (χ0) is 22.0. The molecule has 0 fully saturated rings. The molecule has 0 saturated carbocycles. The molecule has 3 N–H and O–H groups in total. The van der Waals surface area contributed by atoms with Gasteiger partial charge in [0, 0.05) is 11.8 Å². The molecule has 1 aliphatic rings. The van der Waals surface area contributed by atoms with Crippen LogP contribution in [0.15, 0.2) is 72.8 Å². The van der Waals surface area contributed by atoms with E-state index in [-0.39, 0.29) is 18.3 Å². The van der Waals surface area contributed by atoms with Crippen LogP contribution >= 0.6 is 0 Å². The minimum atomic E-state index is -1.17. The lowest BCUT2D eigenvalue weighted by Gasteiger charge is -2.22. The van der Waals surface area contributed by atoms with E-state index in [2.05, 4.69) is 5.32 Å². The summed E-state index contributed by atoms with van der Waals surface area (Å²) in [6.45, 7) is 1.81. The number of carboxylic acids is 1. The number of hydrogen-bond acceptors (Lipinski definition) is 4. The van der Waals surface area contributed by atoms with Gasteiger partial charge < -0.3 is 20.3 Å². The first-order valence-electron chi connectivity index (χ1n) is 10.1. The maximum atomic E-state index is 12.5. The number of fused-ring (bicyclic) bond motifs is 3. The SMILES string of the molecule is C[C@H](c1ccc(O)cc1)[C@@H](NC(=O)OCC1c2ccccc2-c2ccccc21)C(=O)O. The average molecular weight is 417 g/mol. The predicted octanol–water partition coefficient (Wildman–Crippen LogP) is 4.49. The van der Waals surface area contributed by atoms with Gasteiger partial charge in [0.15, 0.2) is 0 Å². The summed E-state index contributed by atoms with van der Waals surface area (Å²) >= 11 is 0. The Morgan fingerprint density at radius 1 is 0.935 bits per heavy atom. The summed E-state index contributed by atoms with van der Waals surface area (Å²) in [5, 5.41) is 21.5. The fraction of sp³-hybridized carbons (Fsp3) is 0.200. The molecule has 4 rings (SSSR count). The Bertz CT molecular complexity index is 1060. The van der Waals surface area contributed by atoms with Crippen LogP contribution in [0.25, 0.3) is 11.1 Å². The molecule has 1 amide bonds. The predicted molar refractivity (Wildman–Crippen MR) is 116 cm³/mol. The number of rotatable bonds is 6. The van der Waals surface area contributed by atoms with Crippen LogP contribution in [0.3, 0.4) is 0 Å². The fourth-order valence-corrected chi connectivity index (χ4v) is 4.14. The van der Waals surface area contributed by atoms with Crippen molar-refractivity contribution in [2.24, 2.45) is 0 Å². The second-order valence-corrected chi connectivity index (χ2v) is 7.67. The van der Waals surface area contributed by atoms with Crippen LogP contribution in [-0.2, 0) is 9.53 Å². The number of phenolic OH excluding ortho intramolecular Hbond substituents is 1. The fourth-order valence-electron chi connectivity index (χ4n) is 4.14. The van der Waals surface area contributed by atoms with E-state index in [1.807, 2.05) is 48.5 Å². The molecule has 0 aliphatic heterocycles. The molecule has 0 saturated heterocycles. The van der Waals surface area contributed by atoms with Crippen LogP contribution in [0.2, 0.25) is 0 Å². The summed E-state index contributed by atoms with van der Waals surface area (Å²) in [5.74, 6) is -1.68. The third-order valence-electron chi connectivity index (χ3n) is 5.80. The van der Waals surface area contributed by atoms with Crippen LogP contribution in [0.1, 0.15) is 35.4 Å². The van der Waals surface area contributed by atoms with Gasteiger partial charge in [-0.15, -0.1) is 0 Å². The van der Waals surface area contributed by atoms with Crippen molar-refractivity contribution in [3.05, 3.63) is 89.5 Å². The number of hydrogen-bond donors (Lipinski definition) is 3. The van der Waals surface area contributed by atoms with E-state index < -0.39 is 24.0 Å². The van der Waals surface area contributed by atoms with Gasteiger partial charge in [-0.25, -0.2) is 9.59 Å². The van der Waals surface area contributed by atoms with Crippen molar-refractivity contribution < 1.29 is 24.5 Å². The third kappa shape index (κ3) is 4.10. The van der Waals surface area contributed by atoms with Crippen molar-refractivity contribution >= 4 is 12.1 Å². The van der Waals surface area contributed by atoms with Crippen LogP contribution in [0.5, 0.6) is 5.75 Å². The molecule has 158 valence electrons. The number of alkyl carbamates (subject to hydrolysis) is 1. The van der Waals surface area contributed by atoms with Crippen LogP contribution in [-0.4, -0.2) is 34.9 Å². The second-order valence-electron chi connectivity index (χ2n) is 7.67. The molecule has 0 spiro atoms. The Hall–Kier alpha value is -3.80. The standard InChI is InChI=1S/C25H23NO5/c1-15(16-10-12-17(27)13-11-16)23(24(28)29)26-25(30)31-14-22-20-8-4-2-6-18(20)19-7-3-5-9-21(19)22/h2-13,15,22-23,27H,14H2,1H3,(H,26,30)(H,28,29)/t15-,23-/m1/s1. The number of carbonyl (C=O) groups is 2. The summed E-state index contributed by atoms with van der Waals surface area (Å²) in [6.07, 6.45) is -0.778. The summed E-state index contributed by atoms with van der Waals surface area (Å²) in [7, 11) is 0. The maximum Gasteiger partial charge on any atom is 0.407 e. The zero-order valence-electron chi connectivity index (χ0n) is 17.0. The number of nitrogens with one attached hydrogen (secondary N) is 1. The van der Waals surface area contributed by atoms with E-state index in [9.17, 15) is 19.8 Å². The number of aromatic hydroxyl groups is 1. The largest absolute Gasteiger partial charge is 0.508 e. The maximum absolute atomic E-state index is 12.5. The van der Waals surface area contributed by atoms with E-state index >= 15 is 0 Å². The molecule has 31 heavy (non-hydrogen) atoms. The van der Waals surface area contributed by atoms with Gasteiger partial charge in [0.05, 0.1) is 0 Å². The highest BCUT2D eigenvalue weighted by Crippen LogP contribution is 2.44. The van der Waals surface area contributed by atoms with Crippen molar-refractivity contribution in [1.82, 2.24) is 5.32 Å². The Labute approximate surface area is 180 Å². The van der Waals surface area contributed by atoms with Crippen molar-refractivity contribution in [2.75, 3.05) is 6.61 Å². The van der Waals surface area contributed by atoms with Crippen LogP contribution in [0.4, 0.5) is 4.79 Å². The number of phenols is 1. The zero-order valence-corrected chi connectivity index (χ0v) is 17.0. The number of carboxylic acid groups (broad SMARTS) is 1. The van der Waals surface area contributed by atoms with Gasteiger partial charge in [-0.1, -0.05) is 67.6 Å². The van der Waals surface area contributed by atoms with Gasteiger partial charge in [-0.3, -0.25) is 0 Å². The Morgan fingerprint density at radius 3 is 2.03 bits per heavy atom. The Morgan fingerprint density at radius 2 is 1.48 bits per heavy atom. The van der Waals surface area contributed by atoms with Crippen LogP contribution in [0, 0.1) is 0 Å². The second kappa shape index (κ2) is 8.52. The van der Waals surface area contributed by atoms with Gasteiger partial charge in [-0.2, -0.15) is 0 Å². The average Bonchev–Trinajstić information content (AvgIpc) is 3.10. The van der Waals surface area contributed by atoms with Gasteiger partial charge >= 0.3 is 12.1 Å². The van der Waals surface area contributed by atoms with Gasteiger partial charge in [-0.05, 0) is 39.9 Å². The lowest BCUT2D eigenvalue weighted by atomic mass is 9.93. The third-order valence-corrected chi connectivity index (χ3v) is 5.80. The first-order chi connectivity index (χ1) is 15.0. The molecule has 0 aromatic heterocycles. The number of carbonyl (C=O) groups excluding carboxylic acids is 1. The molecule has 3 aromatic carbocycles. The van der Waals surface area contributed by atoms with Crippen molar-refractivity contribution in [3.63, 3.8) is 0 Å². The highest BCUT2D eigenvalue weighted by atomic mass is 16.5. The summed E-state index contributed by atoms with van der Waals surface area (Å²) in [5.41, 5.74) is 5.10. The lowest BCUT2D eigenvalue weighted by Crippen LogP contribution is -2.44. The van der Waals surface area contributed by atoms with E-state index in [0.29, 0.717) is 5.56 Å². The molecule has 0 bridgehead atoms. The van der Waals surface area contributed by atoms with Crippen molar-refractivity contribution in [1.29, 1.82) is 0 Å². The summed E-state index contributed by atoms with van der Waals surface area (Å²) < 4.78 is 5.47. The molecular weight excluding hydrogens is 394 g/mol. The molecule has 3 aromatic rings. The molecule has 2 atom stereocenters. The Balaban J connectivity index is 1.46. The number of ether oxygens (including phenoxy) is 1. The summed E-state index contributed by atoms with van der Waals surface area (Å²) in [4.78, 5) is 24.3. The molecule has 0 unspecified atom stereocenters. The van der Waals surface area contributed by atoms with E-state index in [1.54, 1.807) is 19.1 Å². The number of amides is 1. The minimum Gasteiger partial charge on any atom is -0.508 e. The van der Waals surface area contributed by atoms with E-state index in [4.69, 9.17) is 4.74 Å². The summed E-state index contributed by atoms with van der Waals surface area (Å²) in [6, 6.07) is 21.1. The van der Waals surface area contributed by atoms with E-state index in [1.165, 1.54) is 12.1 Å². The monoisotopic (exact) mass is 417 g/mol. The highest BCUT2D eigenvalue weighted by Gasteiger charge is 2.31. The first-order valence-corrected chi connectivity index (χ1v) is 10.1. The normalized spacial score (nSPS) is 14.2. The smallest absolute Gasteiger partial charge is 0.407 e. The number of aliphatic carboxylic acids is 1. The van der Waals surface area contributed by atoms with Gasteiger partial charge in [0.1, 0.15) is 18.4 Å². The van der Waals surface area contributed by atoms with Crippen molar-refractivity contribution in [2.45, 2.75) is 24.8 Å². The van der Waals surface area contributed by atoms with Gasteiger partial charge in [0.2, 0.25) is 0 Å². The molecule has 6 nitrogen and oxygen atoms in total. The Kier molecular flexibility index (Phi) is 5.62. The van der Waals surface area contributed by atoms with Crippen molar-refractivity contribution in [3.8, 4) is 16.9 Å². The molecular formula is C25H23NO5. The first kappa shape index (κ1) is 20.5. The molecule has 6 heteroatoms. The topological polar surface area (TPSA) is 95.9 Å².